The first-order valence-corrected chi connectivity index (χ1v) is 6.76. The Labute approximate surface area is 105 Å². The number of nitrogens with one attached hydrogen (secondary N) is 1. The van der Waals surface area contributed by atoms with Crippen LogP contribution in [0.25, 0.3) is 0 Å². The Morgan fingerprint density at radius 2 is 2.41 bits per heavy atom. The second-order valence-corrected chi connectivity index (χ2v) is 5.59. The third kappa shape index (κ3) is 3.65. The number of piperidine rings is 1. The summed E-state index contributed by atoms with van der Waals surface area (Å²) >= 11 is 0. The summed E-state index contributed by atoms with van der Waals surface area (Å²) in [5.74, 6) is 0.796. The highest BCUT2D eigenvalue weighted by molar-refractivity contribution is 4.87. The van der Waals surface area contributed by atoms with Crippen molar-refractivity contribution in [3.8, 4) is 0 Å². The van der Waals surface area contributed by atoms with Crippen molar-refractivity contribution < 1.29 is 9.47 Å². The van der Waals surface area contributed by atoms with Gasteiger partial charge in [0.1, 0.15) is 5.60 Å². The molecule has 1 N–H and O–H groups in total. The highest BCUT2D eigenvalue weighted by Gasteiger charge is 2.34. The van der Waals surface area contributed by atoms with E-state index in [1.165, 1.54) is 25.9 Å². The van der Waals surface area contributed by atoms with E-state index in [-0.39, 0.29) is 5.60 Å². The zero-order valence-corrected chi connectivity index (χ0v) is 11.2. The molecule has 0 radical (unpaired) electrons. The van der Waals surface area contributed by atoms with Crippen molar-refractivity contribution in [2.45, 2.75) is 24.9 Å². The predicted octanol–water partition coefficient (Wildman–Crippen LogP) is 0.723. The molecule has 2 atom stereocenters. The Kier molecular flexibility index (Phi) is 4.79. The summed E-state index contributed by atoms with van der Waals surface area (Å²) in [4.78, 5) is 2.43. The third-order valence-corrected chi connectivity index (χ3v) is 4.10. The Balaban J connectivity index is 1.67. The summed E-state index contributed by atoms with van der Waals surface area (Å²) in [6.45, 7) is 6.08. The molecule has 2 saturated heterocycles. The summed E-state index contributed by atoms with van der Waals surface area (Å²) in [6, 6.07) is 0. The largest absolute Gasteiger partial charge is 0.378 e. The lowest BCUT2D eigenvalue weighted by atomic mass is 9.97. The quantitative estimate of drug-likeness (QED) is 0.770. The van der Waals surface area contributed by atoms with E-state index >= 15 is 0 Å². The number of rotatable bonds is 5. The van der Waals surface area contributed by atoms with Gasteiger partial charge >= 0.3 is 0 Å². The van der Waals surface area contributed by atoms with Crippen LogP contribution in [0, 0.1) is 5.92 Å². The SMILES string of the molecule is COC1(CNCC2CCCN(C)C2)CCOC1. The zero-order chi connectivity index (χ0) is 12.1. The molecule has 17 heavy (non-hydrogen) atoms. The van der Waals surface area contributed by atoms with Crippen molar-refractivity contribution >= 4 is 0 Å². The maximum atomic E-state index is 5.61. The molecule has 2 fully saturated rings. The van der Waals surface area contributed by atoms with Crippen molar-refractivity contribution in [3.05, 3.63) is 0 Å². The first-order chi connectivity index (χ1) is 8.24. The van der Waals surface area contributed by atoms with Gasteiger partial charge < -0.3 is 19.7 Å². The third-order valence-electron chi connectivity index (χ3n) is 4.10. The number of ether oxygens (including phenoxy) is 2. The minimum absolute atomic E-state index is 0.0689. The zero-order valence-electron chi connectivity index (χ0n) is 11.2. The van der Waals surface area contributed by atoms with Crippen molar-refractivity contribution in [2.75, 3.05) is 53.6 Å². The molecule has 100 valence electrons. The molecule has 0 amide bonds. The van der Waals surface area contributed by atoms with Crippen LogP contribution in [0.5, 0.6) is 0 Å². The van der Waals surface area contributed by atoms with Gasteiger partial charge in [0.15, 0.2) is 0 Å². The van der Waals surface area contributed by atoms with Crippen molar-refractivity contribution in [1.82, 2.24) is 10.2 Å². The summed E-state index contributed by atoms with van der Waals surface area (Å²) in [5.41, 5.74) is -0.0689. The van der Waals surface area contributed by atoms with Gasteiger partial charge in [-0.3, -0.25) is 0 Å². The van der Waals surface area contributed by atoms with Gasteiger partial charge in [0.2, 0.25) is 0 Å². The number of hydrogen-bond acceptors (Lipinski definition) is 4. The molecule has 0 aromatic heterocycles. The monoisotopic (exact) mass is 242 g/mol. The van der Waals surface area contributed by atoms with E-state index in [4.69, 9.17) is 9.47 Å². The van der Waals surface area contributed by atoms with Crippen LogP contribution in [-0.2, 0) is 9.47 Å². The van der Waals surface area contributed by atoms with E-state index in [0.29, 0.717) is 0 Å². The Bertz CT molecular complexity index is 229. The maximum Gasteiger partial charge on any atom is 0.106 e. The molecule has 4 nitrogen and oxygen atoms in total. The average Bonchev–Trinajstić information content (AvgIpc) is 2.79. The molecule has 0 spiro atoms. The van der Waals surface area contributed by atoms with E-state index in [1.807, 2.05) is 0 Å². The highest BCUT2D eigenvalue weighted by atomic mass is 16.5. The van der Waals surface area contributed by atoms with Crippen LogP contribution in [-0.4, -0.2) is 64.1 Å². The van der Waals surface area contributed by atoms with Crippen LogP contribution >= 0.6 is 0 Å². The standard InChI is InChI=1S/C13H26N2O2/c1-15-6-3-4-12(9-15)8-14-10-13(16-2)5-7-17-11-13/h12,14H,3-11H2,1-2H3. The van der Waals surface area contributed by atoms with Crippen LogP contribution in [0.3, 0.4) is 0 Å². The Morgan fingerprint density at radius 3 is 3.06 bits per heavy atom. The second-order valence-electron chi connectivity index (χ2n) is 5.59. The van der Waals surface area contributed by atoms with E-state index in [9.17, 15) is 0 Å². The second kappa shape index (κ2) is 6.14. The molecular formula is C13H26N2O2. The van der Waals surface area contributed by atoms with Gasteiger partial charge in [0, 0.05) is 33.2 Å². The summed E-state index contributed by atoms with van der Waals surface area (Å²) < 4.78 is 11.0. The minimum atomic E-state index is -0.0689. The van der Waals surface area contributed by atoms with Gasteiger partial charge in [0.05, 0.1) is 6.61 Å². The normalized spacial score (nSPS) is 35.3. The molecule has 4 heteroatoms. The minimum Gasteiger partial charge on any atom is -0.378 e. The first-order valence-electron chi connectivity index (χ1n) is 6.76. The topological polar surface area (TPSA) is 33.7 Å². The van der Waals surface area contributed by atoms with Crippen LogP contribution in [0.4, 0.5) is 0 Å². The fourth-order valence-electron chi connectivity index (χ4n) is 2.91. The van der Waals surface area contributed by atoms with Gasteiger partial charge in [-0.05, 0) is 38.9 Å². The van der Waals surface area contributed by atoms with Crippen molar-refractivity contribution in [2.24, 2.45) is 5.92 Å². The predicted molar refractivity (Wildman–Crippen MR) is 68.3 cm³/mol. The van der Waals surface area contributed by atoms with Gasteiger partial charge in [-0.1, -0.05) is 0 Å². The Morgan fingerprint density at radius 1 is 1.53 bits per heavy atom. The molecule has 0 aromatic rings. The molecule has 0 bridgehead atoms. The van der Waals surface area contributed by atoms with Crippen molar-refractivity contribution in [1.29, 1.82) is 0 Å². The van der Waals surface area contributed by atoms with Gasteiger partial charge in [0.25, 0.3) is 0 Å². The van der Waals surface area contributed by atoms with Crippen molar-refractivity contribution in [3.63, 3.8) is 0 Å². The molecule has 2 aliphatic rings. The summed E-state index contributed by atoms with van der Waals surface area (Å²) in [5, 5.41) is 3.58. The summed E-state index contributed by atoms with van der Waals surface area (Å²) in [7, 11) is 4.01. The molecule has 2 aliphatic heterocycles. The molecule has 0 aliphatic carbocycles. The molecule has 2 heterocycles. The van der Waals surface area contributed by atoms with Crippen LogP contribution in [0.1, 0.15) is 19.3 Å². The van der Waals surface area contributed by atoms with E-state index in [0.717, 1.165) is 38.6 Å². The lowest BCUT2D eigenvalue weighted by molar-refractivity contribution is -0.0165. The van der Waals surface area contributed by atoms with Gasteiger partial charge in [-0.25, -0.2) is 0 Å². The lowest BCUT2D eigenvalue weighted by Gasteiger charge is -2.31. The smallest absolute Gasteiger partial charge is 0.106 e. The number of hydrogen-bond donors (Lipinski definition) is 1. The Hall–Kier alpha value is -0.160. The maximum absolute atomic E-state index is 5.61. The van der Waals surface area contributed by atoms with E-state index in [1.54, 1.807) is 7.11 Å². The van der Waals surface area contributed by atoms with Crippen LogP contribution < -0.4 is 5.32 Å². The van der Waals surface area contributed by atoms with Crippen LogP contribution in [0.15, 0.2) is 0 Å². The van der Waals surface area contributed by atoms with Gasteiger partial charge in [-0.15, -0.1) is 0 Å². The fourth-order valence-corrected chi connectivity index (χ4v) is 2.91. The van der Waals surface area contributed by atoms with E-state index < -0.39 is 0 Å². The molecule has 2 rings (SSSR count). The number of nitrogens with zero attached hydrogens (tertiary/aromatic N) is 1. The van der Waals surface area contributed by atoms with E-state index in [2.05, 4.69) is 17.3 Å². The van der Waals surface area contributed by atoms with Gasteiger partial charge in [-0.2, -0.15) is 0 Å². The number of methoxy groups -OCH3 is 1. The highest BCUT2D eigenvalue weighted by Crippen LogP contribution is 2.22. The molecule has 2 unspecified atom stereocenters. The average molecular weight is 242 g/mol. The summed E-state index contributed by atoms with van der Waals surface area (Å²) in [6.07, 6.45) is 3.70. The fraction of sp³-hybridized carbons (Fsp3) is 1.00. The molecular weight excluding hydrogens is 216 g/mol. The first kappa shape index (κ1) is 13.3. The van der Waals surface area contributed by atoms with Crippen LogP contribution in [0.2, 0.25) is 0 Å². The lowest BCUT2D eigenvalue weighted by Crippen LogP contribution is -2.46. The molecule has 0 aromatic carbocycles. The number of likely N-dealkylation sites (tertiary alicyclic amines) is 1. The molecule has 0 saturated carbocycles.